The molecule has 1 aromatic heterocycles. The van der Waals surface area contributed by atoms with E-state index >= 15 is 0 Å². The van der Waals surface area contributed by atoms with Gasteiger partial charge in [0.05, 0.1) is 25.6 Å². The Morgan fingerprint density at radius 1 is 1.16 bits per heavy atom. The lowest BCUT2D eigenvalue weighted by Gasteiger charge is -2.24. The number of carbonyl (C=O) groups excluding carboxylic acids is 1. The number of likely N-dealkylation sites (N-methyl/N-ethyl adjacent to an activating group) is 1. The van der Waals surface area contributed by atoms with E-state index in [1.807, 2.05) is 31.2 Å². The van der Waals surface area contributed by atoms with Gasteiger partial charge in [0.2, 0.25) is 27.6 Å². The zero-order valence-electron chi connectivity index (χ0n) is 17.8. The van der Waals surface area contributed by atoms with Crippen molar-refractivity contribution in [2.45, 2.75) is 13.5 Å². The van der Waals surface area contributed by atoms with E-state index in [1.165, 1.54) is 12.0 Å². The van der Waals surface area contributed by atoms with E-state index in [1.54, 1.807) is 31.3 Å². The van der Waals surface area contributed by atoms with Crippen LogP contribution in [0, 0.1) is 6.92 Å². The van der Waals surface area contributed by atoms with Crippen LogP contribution in [0.2, 0.25) is 0 Å². The highest BCUT2D eigenvalue weighted by Crippen LogP contribution is 2.23. The zero-order valence-corrected chi connectivity index (χ0v) is 18.6. The molecule has 10 heteroatoms. The molecule has 0 saturated heterocycles. The summed E-state index contributed by atoms with van der Waals surface area (Å²) in [5, 5.41) is 3.95. The van der Waals surface area contributed by atoms with Crippen LogP contribution < -0.4 is 9.04 Å². The molecule has 1 amide bonds. The molecule has 0 aliphatic heterocycles. The molecule has 0 N–H and O–H groups in total. The average Bonchev–Trinajstić information content (AvgIpc) is 3.19. The molecule has 0 spiro atoms. The molecule has 0 fully saturated rings. The summed E-state index contributed by atoms with van der Waals surface area (Å²) in [7, 11) is -0.671. The maximum atomic E-state index is 12.7. The molecule has 0 unspecified atom stereocenters. The molecule has 0 atom stereocenters. The monoisotopic (exact) mass is 444 g/mol. The molecule has 0 radical (unpaired) electrons. The first-order valence-electron chi connectivity index (χ1n) is 9.42. The van der Waals surface area contributed by atoms with Crippen LogP contribution in [0.4, 0.5) is 5.69 Å². The minimum atomic E-state index is -3.70. The number of anilines is 1. The summed E-state index contributed by atoms with van der Waals surface area (Å²) >= 11 is 0. The average molecular weight is 445 g/mol. The van der Waals surface area contributed by atoms with Gasteiger partial charge >= 0.3 is 0 Å². The quantitative estimate of drug-likeness (QED) is 0.525. The van der Waals surface area contributed by atoms with Crippen molar-refractivity contribution in [1.82, 2.24) is 15.0 Å². The Morgan fingerprint density at radius 2 is 1.87 bits per heavy atom. The number of ether oxygens (including phenoxy) is 1. The summed E-state index contributed by atoms with van der Waals surface area (Å²) < 4.78 is 36.0. The number of benzene rings is 2. The number of amides is 1. The van der Waals surface area contributed by atoms with Crippen LogP contribution in [0.25, 0.3) is 11.4 Å². The van der Waals surface area contributed by atoms with Crippen molar-refractivity contribution in [3.05, 3.63) is 60.0 Å². The number of rotatable bonds is 8. The van der Waals surface area contributed by atoms with Gasteiger partial charge in [-0.1, -0.05) is 41.1 Å². The smallest absolute Gasteiger partial charge is 0.246 e. The third kappa shape index (κ3) is 5.60. The van der Waals surface area contributed by atoms with Gasteiger partial charge in [-0.25, -0.2) is 8.42 Å². The molecule has 0 aliphatic rings. The first-order valence-corrected chi connectivity index (χ1v) is 11.3. The number of sulfonamides is 1. The molecule has 9 nitrogen and oxygen atoms in total. The highest BCUT2D eigenvalue weighted by Gasteiger charge is 2.24. The molecule has 2 aromatic carbocycles. The normalized spacial score (nSPS) is 11.2. The van der Waals surface area contributed by atoms with E-state index in [2.05, 4.69) is 10.1 Å². The van der Waals surface area contributed by atoms with Crippen LogP contribution in [0.3, 0.4) is 0 Å². The summed E-state index contributed by atoms with van der Waals surface area (Å²) in [6.07, 6.45) is 1.05. The van der Waals surface area contributed by atoms with E-state index in [-0.39, 0.29) is 19.0 Å². The summed E-state index contributed by atoms with van der Waals surface area (Å²) in [5.41, 5.74) is 2.25. The Bertz CT molecular complexity index is 1160. The van der Waals surface area contributed by atoms with Gasteiger partial charge in [0.1, 0.15) is 12.3 Å². The lowest BCUT2D eigenvalue weighted by atomic mass is 10.1. The molecule has 1 heterocycles. The fourth-order valence-corrected chi connectivity index (χ4v) is 3.68. The Labute approximate surface area is 181 Å². The van der Waals surface area contributed by atoms with Gasteiger partial charge in [0, 0.05) is 18.7 Å². The van der Waals surface area contributed by atoms with Crippen LogP contribution in [-0.2, 0) is 21.4 Å². The fraction of sp³-hybridized carbons (Fsp3) is 0.286. The number of aromatic nitrogens is 2. The second kappa shape index (κ2) is 9.17. The van der Waals surface area contributed by atoms with Crippen molar-refractivity contribution in [3.8, 4) is 17.1 Å². The van der Waals surface area contributed by atoms with Crippen LogP contribution in [0.15, 0.2) is 53.1 Å². The third-order valence-corrected chi connectivity index (χ3v) is 5.74. The first kappa shape index (κ1) is 22.3. The van der Waals surface area contributed by atoms with Gasteiger partial charge in [-0.15, -0.1) is 0 Å². The largest absolute Gasteiger partial charge is 0.497 e. The summed E-state index contributed by atoms with van der Waals surface area (Å²) in [5.74, 6) is 0.730. The molecule has 3 rings (SSSR count). The van der Waals surface area contributed by atoms with Crippen molar-refractivity contribution in [2.75, 3.05) is 31.3 Å². The van der Waals surface area contributed by atoms with E-state index < -0.39 is 15.9 Å². The van der Waals surface area contributed by atoms with Crippen LogP contribution in [-0.4, -0.2) is 56.3 Å². The van der Waals surface area contributed by atoms with E-state index in [9.17, 15) is 13.2 Å². The summed E-state index contributed by atoms with van der Waals surface area (Å²) in [6.45, 7) is 1.66. The molecular formula is C21H24N4O5S. The van der Waals surface area contributed by atoms with E-state index in [4.69, 9.17) is 9.26 Å². The second-order valence-electron chi connectivity index (χ2n) is 7.10. The number of aryl methyl sites for hydroxylation is 1. The van der Waals surface area contributed by atoms with Crippen molar-refractivity contribution in [1.29, 1.82) is 0 Å². The predicted octanol–water partition coefficient (Wildman–Crippen LogP) is 2.48. The third-order valence-electron chi connectivity index (χ3n) is 4.60. The van der Waals surface area contributed by atoms with Crippen molar-refractivity contribution in [3.63, 3.8) is 0 Å². The predicted molar refractivity (Wildman–Crippen MR) is 116 cm³/mol. The standard InChI is InChI=1S/C21H24N4O5S/c1-15-8-10-16(11-9-15)21-22-19(30-23-21)13-24(2)20(26)14-25(31(4,27)28)17-6-5-7-18(12-17)29-3/h5-12H,13-14H2,1-4H3. The van der Waals surface area contributed by atoms with Crippen LogP contribution in [0.5, 0.6) is 5.75 Å². The highest BCUT2D eigenvalue weighted by molar-refractivity contribution is 7.92. The molecule has 164 valence electrons. The Morgan fingerprint density at radius 3 is 2.52 bits per heavy atom. The summed E-state index contributed by atoms with van der Waals surface area (Å²) in [4.78, 5) is 18.4. The number of methoxy groups -OCH3 is 1. The fourth-order valence-electron chi connectivity index (χ4n) is 2.84. The van der Waals surface area contributed by atoms with Crippen LogP contribution >= 0.6 is 0 Å². The van der Waals surface area contributed by atoms with Crippen molar-refractivity contribution in [2.24, 2.45) is 0 Å². The minimum absolute atomic E-state index is 0.0490. The first-order chi connectivity index (χ1) is 14.7. The maximum Gasteiger partial charge on any atom is 0.246 e. The zero-order chi connectivity index (χ0) is 22.6. The SMILES string of the molecule is COc1cccc(N(CC(=O)N(C)Cc2nc(-c3ccc(C)cc3)no2)S(C)(=O)=O)c1. The Balaban J connectivity index is 1.72. The Hall–Kier alpha value is -3.40. The number of nitrogens with zero attached hydrogens (tertiary/aromatic N) is 4. The van der Waals surface area contributed by atoms with Crippen molar-refractivity contribution >= 4 is 21.6 Å². The lowest BCUT2D eigenvalue weighted by molar-refractivity contribution is -0.129. The number of hydrogen-bond acceptors (Lipinski definition) is 7. The molecule has 0 saturated carbocycles. The molecule has 0 bridgehead atoms. The van der Waals surface area contributed by atoms with Crippen molar-refractivity contribution < 1.29 is 22.5 Å². The van der Waals surface area contributed by atoms with Gasteiger partial charge in [-0.2, -0.15) is 4.98 Å². The van der Waals surface area contributed by atoms with Gasteiger partial charge < -0.3 is 14.2 Å². The second-order valence-corrected chi connectivity index (χ2v) is 9.01. The highest BCUT2D eigenvalue weighted by atomic mass is 32.2. The molecule has 0 aliphatic carbocycles. The van der Waals surface area contributed by atoms with Gasteiger partial charge in [0.15, 0.2) is 0 Å². The summed E-state index contributed by atoms with van der Waals surface area (Å²) in [6, 6.07) is 14.2. The Kier molecular flexibility index (Phi) is 6.59. The minimum Gasteiger partial charge on any atom is -0.497 e. The molecular weight excluding hydrogens is 420 g/mol. The van der Waals surface area contributed by atoms with Gasteiger partial charge in [0.25, 0.3) is 0 Å². The lowest BCUT2D eigenvalue weighted by Crippen LogP contribution is -2.41. The maximum absolute atomic E-state index is 12.7. The topological polar surface area (TPSA) is 106 Å². The molecule has 31 heavy (non-hydrogen) atoms. The number of carbonyl (C=O) groups is 1. The van der Waals surface area contributed by atoms with E-state index in [0.29, 0.717) is 17.3 Å². The molecule has 3 aromatic rings. The number of hydrogen-bond donors (Lipinski definition) is 0. The van der Waals surface area contributed by atoms with E-state index in [0.717, 1.165) is 21.7 Å². The van der Waals surface area contributed by atoms with Gasteiger partial charge in [-0.3, -0.25) is 9.10 Å². The van der Waals surface area contributed by atoms with Gasteiger partial charge in [-0.05, 0) is 19.1 Å². The van der Waals surface area contributed by atoms with Crippen LogP contribution in [0.1, 0.15) is 11.5 Å².